The first-order valence-corrected chi connectivity index (χ1v) is 6.32. The average molecular weight is 272 g/mol. The van der Waals surface area contributed by atoms with E-state index in [1.165, 1.54) is 12.1 Å². The maximum absolute atomic E-state index is 10.7. The minimum atomic E-state index is -0.436. The van der Waals surface area contributed by atoms with Crippen LogP contribution >= 0.6 is 11.3 Å². The van der Waals surface area contributed by atoms with Gasteiger partial charge in [0.15, 0.2) is 0 Å². The third-order valence-corrected chi connectivity index (χ3v) is 3.33. The highest BCUT2D eigenvalue weighted by Crippen LogP contribution is 2.21. The average Bonchev–Trinajstić information content (AvgIpc) is 3.04. The van der Waals surface area contributed by atoms with Crippen molar-refractivity contribution in [3.8, 4) is 0 Å². The van der Waals surface area contributed by atoms with Crippen molar-refractivity contribution < 1.29 is 4.92 Å². The molecule has 0 radical (unpaired) electrons. The molecule has 0 aliphatic rings. The third kappa shape index (κ3) is 2.36. The van der Waals surface area contributed by atoms with Crippen LogP contribution in [0.1, 0.15) is 4.88 Å². The minimum absolute atomic E-state index is 0.0323. The quantitative estimate of drug-likeness (QED) is 0.451. The minimum Gasteiger partial charge on any atom is -0.322 e. The van der Waals surface area contributed by atoms with Gasteiger partial charge in [-0.25, -0.2) is 9.98 Å². The van der Waals surface area contributed by atoms with Crippen molar-refractivity contribution in [2.45, 2.75) is 0 Å². The largest absolute Gasteiger partial charge is 0.322 e. The summed E-state index contributed by atoms with van der Waals surface area (Å²) in [6.45, 7) is 0. The second-order valence-electron chi connectivity index (χ2n) is 3.79. The molecule has 1 N–H and O–H groups in total. The summed E-state index contributed by atoms with van der Waals surface area (Å²) >= 11 is 1.58. The normalized spacial score (nSPS) is 11.4. The number of hydrogen-bond donors (Lipinski definition) is 1. The maximum atomic E-state index is 10.7. The van der Waals surface area contributed by atoms with Crippen molar-refractivity contribution >= 4 is 40.2 Å². The second-order valence-corrected chi connectivity index (χ2v) is 4.77. The number of nitro benzene ring substituents is 1. The number of H-pyrrole nitrogens is 1. The number of imidazole rings is 1. The number of aromatic amines is 1. The number of nitro groups is 1. The van der Waals surface area contributed by atoms with Gasteiger partial charge in [0.1, 0.15) is 0 Å². The summed E-state index contributed by atoms with van der Waals surface area (Å²) in [6.07, 6.45) is 1.71. The lowest BCUT2D eigenvalue weighted by Gasteiger charge is -1.89. The van der Waals surface area contributed by atoms with E-state index in [4.69, 9.17) is 0 Å². The fourth-order valence-electron chi connectivity index (χ4n) is 1.65. The summed E-state index contributed by atoms with van der Waals surface area (Å²) in [7, 11) is 0. The van der Waals surface area contributed by atoms with Crippen LogP contribution in [0, 0.1) is 10.1 Å². The number of aliphatic imine (C=N–C) groups is 1. The van der Waals surface area contributed by atoms with Crippen molar-refractivity contribution in [2.75, 3.05) is 0 Å². The van der Waals surface area contributed by atoms with Crippen LogP contribution in [-0.2, 0) is 0 Å². The van der Waals surface area contributed by atoms with Gasteiger partial charge >= 0.3 is 0 Å². The molecular weight excluding hydrogens is 264 g/mol. The zero-order valence-corrected chi connectivity index (χ0v) is 10.4. The molecule has 0 saturated heterocycles. The number of non-ortho nitro benzene ring substituents is 1. The number of thiophene rings is 1. The first-order chi connectivity index (χ1) is 9.22. The maximum Gasteiger partial charge on any atom is 0.271 e. The fraction of sp³-hybridized carbons (Fsp3) is 0. The molecule has 3 aromatic rings. The van der Waals surface area contributed by atoms with Gasteiger partial charge in [-0.05, 0) is 17.5 Å². The van der Waals surface area contributed by atoms with E-state index in [0.717, 1.165) is 4.88 Å². The van der Waals surface area contributed by atoms with Gasteiger partial charge in [-0.15, -0.1) is 11.3 Å². The van der Waals surface area contributed by atoms with Gasteiger partial charge in [0, 0.05) is 23.2 Å². The smallest absolute Gasteiger partial charge is 0.271 e. The molecule has 0 bridgehead atoms. The molecule has 0 fully saturated rings. The van der Waals surface area contributed by atoms with E-state index in [9.17, 15) is 10.1 Å². The van der Waals surface area contributed by atoms with Crippen LogP contribution in [0.4, 0.5) is 11.6 Å². The Balaban J connectivity index is 1.95. The number of nitrogens with zero attached hydrogens (tertiary/aromatic N) is 3. The highest BCUT2D eigenvalue weighted by molar-refractivity contribution is 7.11. The lowest BCUT2D eigenvalue weighted by Crippen LogP contribution is -1.86. The van der Waals surface area contributed by atoms with Gasteiger partial charge in [-0.3, -0.25) is 10.1 Å². The van der Waals surface area contributed by atoms with Crippen LogP contribution in [0.3, 0.4) is 0 Å². The first kappa shape index (κ1) is 11.5. The summed E-state index contributed by atoms with van der Waals surface area (Å²) in [4.78, 5) is 22.7. The van der Waals surface area contributed by atoms with Gasteiger partial charge < -0.3 is 4.98 Å². The number of hydrogen-bond acceptors (Lipinski definition) is 5. The molecule has 2 aromatic heterocycles. The lowest BCUT2D eigenvalue weighted by atomic mass is 10.3. The van der Waals surface area contributed by atoms with Crippen LogP contribution in [0.2, 0.25) is 0 Å². The van der Waals surface area contributed by atoms with Crippen LogP contribution in [0.15, 0.2) is 40.7 Å². The number of rotatable bonds is 3. The van der Waals surface area contributed by atoms with Gasteiger partial charge in [-0.2, -0.15) is 0 Å². The summed E-state index contributed by atoms with van der Waals surface area (Å²) in [6, 6.07) is 8.37. The fourth-order valence-corrected chi connectivity index (χ4v) is 2.23. The van der Waals surface area contributed by atoms with Crippen molar-refractivity contribution in [1.82, 2.24) is 9.97 Å². The van der Waals surface area contributed by atoms with Crippen LogP contribution in [0.25, 0.3) is 11.0 Å². The molecule has 0 aliphatic heterocycles. The third-order valence-electron chi connectivity index (χ3n) is 2.52. The van der Waals surface area contributed by atoms with E-state index in [1.807, 2.05) is 17.5 Å². The molecule has 94 valence electrons. The Morgan fingerprint density at radius 3 is 3.05 bits per heavy atom. The second kappa shape index (κ2) is 4.62. The molecular formula is C12H8N4O2S. The molecule has 19 heavy (non-hydrogen) atoms. The van der Waals surface area contributed by atoms with Crippen LogP contribution in [-0.4, -0.2) is 21.1 Å². The van der Waals surface area contributed by atoms with Gasteiger partial charge in [0.25, 0.3) is 5.69 Å². The Labute approximate surface area is 111 Å². The standard InChI is InChI=1S/C12H8N4O2S/c17-16(18)8-3-4-10-11(6-8)15-12(14-10)13-7-9-2-1-5-19-9/h1-7H,(H,14,15)/b13-7+. The Hall–Kier alpha value is -2.54. The molecule has 3 rings (SSSR count). The Bertz CT molecular complexity index is 761. The van der Waals surface area contributed by atoms with Crippen LogP contribution in [0.5, 0.6) is 0 Å². The molecule has 0 saturated carbocycles. The summed E-state index contributed by atoms with van der Waals surface area (Å²) in [5.74, 6) is 0.434. The molecule has 0 unspecified atom stereocenters. The Morgan fingerprint density at radius 2 is 2.32 bits per heavy atom. The molecule has 0 amide bonds. The SMILES string of the molecule is O=[N+]([O-])c1ccc2nc(/N=C/c3cccs3)[nH]c2c1. The lowest BCUT2D eigenvalue weighted by molar-refractivity contribution is -0.384. The molecule has 0 spiro atoms. The molecule has 1 aromatic carbocycles. The molecule has 7 heteroatoms. The van der Waals surface area contributed by atoms with Gasteiger partial charge in [0.05, 0.1) is 16.0 Å². The zero-order valence-electron chi connectivity index (χ0n) is 9.61. The number of benzene rings is 1. The van der Waals surface area contributed by atoms with E-state index < -0.39 is 4.92 Å². The van der Waals surface area contributed by atoms with E-state index in [0.29, 0.717) is 17.0 Å². The van der Waals surface area contributed by atoms with Gasteiger partial charge in [-0.1, -0.05) is 6.07 Å². The van der Waals surface area contributed by atoms with Gasteiger partial charge in [0.2, 0.25) is 5.95 Å². The monoisotopic (exact) mass is 272 g/mol. The number of aromatic nitrogens is 2. The van der Waals surface area contributed by atoms with Crippen molar-refractivity contribution in [2.24, 2.45) is 4.99 Å². The molecule has 0 aliphatic carbocycles. The van der Waals surface area contributed by atoms with Crippen molar-refractivity contribution in [1.29, 1.82) is 0 Å². The first-order valence-electron chi connectivity index (χ1n) is 5.44. The molecule has 0 atom stereocenters. The predicted octanol–water partition coefficient (Wildman–Crippen LogP) is 3.28. The van der Waals surface area contributed by atoms with E-state index >= 15 is 0 Å². The zero-order chi connectivity index (χ0) is 13.2. The molecule has 2 heterocycles. The summed E-state index contributed by atoms with van der Waals surface area (Å²) < 4.78 is 0. The van der Waals surface area contributed by atoms with E-state index in [-0.39, 0.29) is 5.69 Å². The number of fused-ring (bicyclic) bond motifs is 1. The Kier molecular flexibility index (Phi) is 2.81. The number of nitrogens with one attached hydrogen (secondary N) is 1. The van der Waals surface area contributed by atoms with Crippen molar-refractivity contribution in [3.05, 3.63) is 50.7 Å². The Morgan fingerprint density at radius 1 is 1.42 bits per heavy atom. The highest BCUT2D eigenvalue weighted by Gasteiger charge is 2.08. The van der Waals surface area contributed by atoms with E-state index in [2.05, 4.69) is 15.0 Å². The van der Waals surface area contributed by atoms with Crippen LogP contribution < -0.4 is 0 Å². The summed E-state index contributed by atoms with van der Waals surface area (Å²) in [5, 5.41) is 12.6. The predicted molar refractivity (Wildman–Crippen MR) is 74.3 cm³/mol. The van der Waals surface area contributed by atoms with Crippen molar-refractivity contribution in [3.63, 3.8) is 0 Å². The molecule has 6 nitrogen and oxygen atoms in total. The highest BCUT2D eigenvalue weighted by atomic mass is 32.1. The topological polar surface area (TPSA) is 84.2 Å². The van der Waals surface area contributed by atoms with E-state index in [1.54, 1.807) is 23.6 Å². The summed E-state index contributed by atoms with van der Waals surface area (Å²) in [5.41, 5.74) is 1.29.